The topological polar surface area (TPSA) is 77.8 Å². The van der Waals surface area contributed by atoms with Gasteiger partial charge >= 0.3 is 0 Å². The highest BCUT2D eigenvalue weighted by molar-refractivity contribution is 5.97. The lowest BCUT2D eigenvalue weighted by atomic mass is 10.1. The van der Waals surface area contributed by atoms with Gasteiger partial charge in [0, 0.05) is 6.20 Å². The van der Waals surface area contributed by atoms with Gasteiger partial charge in [0.1, 0.15) is 0 Å². The molecule has 0 saturated carbocycles. The van der Waals surface area contributed by atoms with E-state index in [0.29, 0.717) is 22.9 Å². The number of nitrogens with zero attached hydrogens (tertiary/aromatic N) is 3. The maximum absolute atomic E-state index is 12.4. The first-order chi connectivity index (χ1) is 11.2. The molecule has 0 radical (unpaired) electrons. The summed E-state index contributed by atoms with van der Waals surface area (Å²) in [6.07, 6.45) is 1.85. The van der Waals surface area contributed by atoms with Gasteiger partial charge in [0.05, 0.1) is 26.3 Å². The first-order valence-corrected chi connectivity index (χ1v) is 7.02. The average molecular weight is 312 g/mol. The van der Waals surface area contributed by atoms with Crippen molar-refractivity contribution in [3.05, 3.63) is 54.0 Å². The number of benzene rings is 1. The van der Waals surface area contributed by atoms with Gasteiger partial charge < -0.3 is 14.8 Å². The Morgan fingerprint density at radius 3 is 2.78 bits per heavy atom. The molecule has 23 heavy (non-hydrogen) atoms. The summed E-state index contributed by atoms with van der Waals surface area (Å²) < 4.78 is 12.3. The molecule has 2 aromatic heterocycles. The van der Waals surface area contributed by atoms with E-state index in [9.17, 15) is 4.79 Å². The third-order valence-corrected chi connectivity index (χ3v) is 3.44. The lowest BCUT2D eigenvalue weighted by molar-refractivity contribution is 0.0946. The van der Waals surface area contributed by atoms with Gasteiger partial charge in [-0.2, -0.15) is 0 Å². The predicted octanol–water partition coefficient (Wildman–Crippen LogP) is 1.68. The molecule has 118 valence electrons. The maximum atomic E-state index is 12.4. The van der Waals surface area contributed by atoms with E-state index in [2.05, 4.69) is 15.5 Å². The number of para-hydroxylation sites is 1. The van der Waals surface area contributed by atoms with Gasteiger partial charge in [-0.1, -0.05) is 12.1 Å². The number of aromatic nitrogens is 3. The molecule has 1 amide bonds. The van der Waals surface area contributed by atoms with Crippen LogP contribution < -0.4 is 14.8 Å². The Hall–Kier alpha value is -3.09. The molecule has 0 fully saturated rings. The van der Waals surface area contributed by atoms with Gasteiger partial charge in [0.2, 0.25) is 0 Å². The van der Waals surface area contributed by atoms with E-state index in [1.165, 1.54) is 14.2 Å². The van der Waals surface area contributed by atoms with Crippen LogP contribution in [0.2, 0.25) is 0 Å². The van der Waals surface area contributed by atoms with Crippen LogP contribution in [0.4, 0.5) is 0 Å². The number of rotatable bonds is 5. The van der Waals surface area contributed by atoms with Crippen molar-refractivity contribution in [2.45, 2.75) is 6.54 Å². The molecule has 0 bridgehead atoms. The zero-order valence-corrected chi connectivity index (χ0v) is 12.8. The highest BCUT2D eigenvalue weighted by Gasteiger charge is 2.16. The van der Waals surface area contributed by atoms with Crippen molar-refractivity contribution >= 4 is 11.6 Å². The Balaban J connectivity index is 1.80. The molecule has 2 heterocycles. The van der Waals surface area contributed by atoms with Crippen LogP contribution in [0.1, 0.15) is 16.2 Å². The summed E-state index contributed by atoms with van der Waals surface area (Å²) in [5.41, 5.74) is 1.14. The largest absolute Gasteiger partial charge is 0.493 e. The average Bonchev–Trinajstić information content (AvgIpc) is 3.02. The minimum absolute atomic E-state index is 0.254. The van der Waals surface area contributed by atoms with Crippen LogP contribution in [0, 0.1) is 0 Å². The van der Waals surface area contributed by atoms with E-state index in [1.807, 2.05) is 28.8 Å². The quantitative estimate of drug-likeness (QED) is 0.775. The molecule has 3 rings (SSSR count). The third kappa shape index (κ3) is 2.80. The third-order valence-electron chi connectivity index (χ3n) is 3.44. The molecule has 1 aromatic carbocycles. The van der Waals surface area contributed by atoms with E-state index in [0.717, 1.165) is 5.65 Å². The van der Waals surface area contributed by atoms with Crippen molar-refractivity contribution in [1.29, 1.82) is 0 Å². The number of ether oxygens (including phenoxy) is 2. The SMILES string of the molecule is COc1cccc(C(=O)NCc2nnc3ccccn23)c1OC. The van der Waals surface area contributed by atoms with Crippen molar-refractivity contribution in [2.75, 3.05) is 14.2 Å². The highest BCUT2D eigenvalue weighted by Crippen LogP contribution is 2.30. The number of hydrogen-bond acceptors (Lipinski definition) is 5. The lowest BCUT2D eigenvalue weighted by Crippen LogP contribution is -2.24. The van der Waals surface area contributed by atoms with Gasteiger partial charge in [0.15, 0.2) is 23.0 Å². The molecule has 0 aliphatic rings. The Kier molecular flexibility index (Phi) is 4.09. The molecular weight excluding hydrogens is 296 g/mol. The summed E-state index contributed by atoms with van der Waals surface area (Å²) in [6, 6.07) is 10.8. The lowest BCUT2D eigenvalue weighted by Gasteiger charge is -2.12. The predicted molar refractivity (Wildman–Crippen MR) is 83.7 cm³/mol. The molecule has 7 nitrogen and oxygen atoms in total. The summed E-state index contributed by atoms with van der Waals surface area (Å²) in [7, 11) is 3.03. The Bertz CT molecular complexity index is 844. The first-order valence-electron chi connectivity index (χ1n) is 7.02. The molecule has 0 spiro atoms. The second-order valence-electron chi connectivity index (χ2n) is 4.77. The maximum Gasteiger partial charge on any atom is 0.255 e. The first kappa shape index (κ1) is 14.8. The number of pyridine rings is 1. The van der Waals surface area contributed by atoms with E-state index in [4.69, 9.17) is 9.47 Å². The van der Waals surface area contributed by atoms with Crippen molar-refractivity contribution in [3.63, 3.8) is 0 Å². The van der Waals surface area contributed by atoms with Gasteiger partial charge in [-0.25, -0.2) is 0 Å². The second-order valence-corrected chi connectivity index (χ2v) is 4.77. The second kappa shape index (κ2) is 6.35. The van der Waals surface area contributed by atoms with Crippen molar-refractivity contribution in [2.24, 2.45) is 0 Å². The number of hydrogen-bond donors (Lipinski definition) is 1. The van der Waals surface area contributed by atoms with Crippen LogP contribution >= 0.6 is 0 Å². The number of fused-ring (bicyclic) bond motifs is 1. The van der Waals surface area contributed by atoms with Gasteiger partial charge in [-0.05, 0) is 24.3 Å². The van der Waals surface area contributed by atoms with Crippen LogP contribution in [-0.2, 0) is 6.54 Å². The van der Waals surface area contributed by atoms with Crippen LogP contribution in [0.15, 0.2) is 42.6 Å². The van der Waals surface area contributed by atoms with E-state index in [-0.39, 0.29) is 12.5 Å². The number of carbonyl (C=O) groups excluding carboxylic acids is 1. The summed E-state index contributed by atoms with van der Waals surface area (Å²) in [5.74, 6) is 1.29. The van der Waals surface area contributed by atoms with E-state index in [1.54, 1.807) is 18.2 Å². The number of amides is 1. The fraction of sp³-hybridized carbons (Fsp3) is 0.188. The van der Waals surface area contributed by atoms with Gasteiger partial charge in [-0.3, -0.25) is 9.20 Å². The Morgan fingerprint density at radius 2 is 2.00 bits per heavy atom. The Labute approximate surface area is 132 Å². The molecule has 1 N–H and O–H groups in total. The summed E-state index contributed by atoms with van der Waals surface area (Å²) >= 11 is 0. The van der Waals surface area contributed by atoms with Crippen LogP contribution in [0.5, 0.6) is 11.5 Å². The minimum atomic E-state index is -0.270. The standard InChI is InChI=1S/C16H16N4O3/c1-22-12-7-5-6-11(15(12)23-2)16(21)17-10-14-19-18-13-8-3-4-9-20(13)14/h3-9H,10H2,1-2H3,(H,17,21). The van der Waals surface area contributed by atoms with E-state index < -0.39 is 0 Å². The fourth-order valence-electron chi connectivity index (χ4n) is 2.33. The molecule has 0 saturated heterocycles. The van der Waals surface area contributed by atoms with Crippen LogP contribution in [0.3, 0.4) is 0 Å². The molecular formula is C16H16N4O3. The molecule has 0 aliphatic heterocycles. The number of carbonyl (C=O) groups is 1. The van der Waals surface area contributed by atoms with E-state index >= 15 is 0 Å². The molecule has 0 aliphatic carbocycles. The zero-order chi connectivity index (χ0) is 16.2. The molecule has 3 aromatic rings. The normalized spacial score (nSPS) is 10.5. The van der Waals surface area contributed by atoms with Crippen molar-refractivity contribution < 1.29 is 14.3 Å². The monoisotopic (exact) mass is 312 g/mol. The molecule has 0 unspecified atom stereocenters. The van der Waals surface area contributed by atoms with Crippen LogP contribution in [0.25, 0.3) is 5.65 Å². The van der Waals surface area contributed by atoms with Gasteiger partial charge in [-0.15, -0.1) is 10.2 Å². The van der Waals surface area contributed by atoms with Crippen LogP contribution in [-0.4, -0.2) is 34.7 Å². The summed E-state index contributed by atoms with van der Waals surface area (Å²) in [4.78, 5) is 12.4. The smallest absolute Gasteiger partial charge is 0.255 e. The number of methoxy groups -OCH3 is 2. The summed E-state index contributed by atoms with van der Waals surface area (Å²) in [5, 5.41) is 10.9. The summed E-state index contributed by atoms with van der Waals surface area (Å²) in [6.45, 7) is 0.254. The fourth-order valence-corrected chi connectivity index (χ4v) is 2.33. The minimum Gasteiger partial charge on any atom is -0.493 e. The zero-order valence-electron chi connectivity index (χ0n) is 12.8. The highest BCUT2D eigenvalue weighted by atomic mass is 16.5. The van der Waals surface area contributed by atoms with Crippen molar-refractivity contribution in [1.82, 2.24) is 19.9 Å². The molecule has 0 atom stereocenters. The number of nitrogens with one attached hydrogen (secondary N) is 1. The Morgan fingerprint density at radius 1 is 1.13 bits per heavy atom. The van der Waals surface area contributed by atoms with Crippen molar-refractivity contribution in [3.8, 4) is 11.5 Å². The molecule has 7 heteroatoms. The van der Waals surface area contributed by atoms with Gasteiger partial charge in [0.25, 0.3) is 5.91 Å².